The molecule has 0 bridgehead atoms. The van der Waals surface area contributed by atoms with Gasteiger partial charge in [0.1, 0.15) is 0 Å². The van der Waals surface area contributed by atoms with Crippen LogP contribution < -0.4 is 0 Å². The molecule has 2 heteroatoms. The summed E-state index contributed by atoms with van der Waals surface area (Å²) < 4.78 is 1.12. The van der Waals surface area contributed by atoms with Gasteiger partial charge in [-0.3, -0.25) is 0 Å². The Bertz CT molecular complexity index is 556. The van der Waals surface area contributed by atoms with Crippen molar-refractivity contribution in [1.29, 1.82) is 0 Å². The summed E-state index contributed by atoms with van der Waals surface area (Å²) in [6.45, 7) is 6.59. The van der Waals surface area contributed by atoms with Crippen LogP contribution in [-0.2, 0) is 0 Å². The lowest BCUT2D eigenvalue weighted by Crippen LogP contribution is -1.97. The van der Waals surface area contributed by atoms with Gasteiger partial charge in [0.15, 0.2) is 0 Å². The van der Waals surface area contributed by atoms with E-state index in [0.29, 0.717) is 5.92 Å². The maximum atomic E-state index is 3.82. The molecule has 0 aliphatic heterocycles. The van der Waals surface area contributed by atoms with Gasteiger partial charge in [0.05, 0.1) is 4.83 Å². The van der Waals surface area contributed by atoms with Crippen LogP contribution in [-0.4, -0.2) is 0 Å². The molecule has 2 aromatic carbocycles. The minimum atomic E-state index is 0.242. The lowest BCUT2D eigenvalue weighted by Gasteiger charge is -2.15. The third-order valence-corrected chi connectivity index (χ3v) is 4.93. The van der Waals surface area contributed by atoms with E-state index in [1.165, 1.54) is 22.3 Å². The van der Waals surface area contributed by atoms with Crippen LogP contribution in [0.3, 0.4) is 0 Å². The van der Waals surface area contributed by atoms with E-state index in [1.807, 2.05) is 0 Å². The van der Waals surface area contributed by atoms with Gasteiger partial charge < -0.3 is 0 Å². The molecule has 0 spiro atoms. The van der Waals surface area contributed by atoms with Crippen LogP contribution in [0, 0.1) is 6.92 Å². The molecule has 0 radical (unpaired) electrons. The highest BCUT2D eigenvalue weighted by Crippen LogP contribution is 2.34. The SMILES string of the molecule is Cc1ccc(Br)cc1C(Br)c1ccc(C(C)C)cc1. The molecule has 2 rings (SSSR count). The van der Waals surface area contributed by atoms with Crippen molar-refractivity contribution in [3.8, 4) is 0 Å². The first kappa shape index (κ1) is 14.8. The van der Waals surface area contributed by atoms with Crippen LogP contribution in [0.4, 0.5) is 0 Å². The summed E-state index contributed by atoms with van der Waals surface area (Å²) in [5, 5.41) is 0. The Morgan fingerprint density at radius 1 is 0.895 bits per heavy atom. The first-order valence-corrected chi connectivity index (χ1v) is 8.20. The molecule has 0 fully saturated rings. The minimum Gasteiger partial charge on any atom is -0.0786 e. The number of benzene rings is 2. The third-order valence-electron chi connectivity index (χ3n) is 3.41. The lowest BCUT2D eigenvalue weighted by molar-refractivity contribution is 0.865. The maximum Gasteiger partial charge on any atom is 0.0647 e. The van der Waals surface area contributed by atoms with Crippen molar-refractivity contribution >= 4 is 31.9 Å². The molecule has 0 saturated heterocycles. The summed E-state index contributed by atoms with van der Waals surface area (Å²) in [5.41, 5.74) is 5.30. The van der Waals surface area contributed by atoms with Gasteiger partial charge in [-0.1, -0.05) is 76.0 Å². The quantitative estimate of drug-likeness (QED) is 0.542. The molecule has 0 heterocycles. The molecule has 100 valence electrons. The molecule has 19 heavy (non-hydrogen) atoms. The fourth-order valence-electron chi connectivity index (χ4n) is 2.11. The van der Waals surface area contributed by atoms with Gasteiger partial charge in [-0.2, -0.15) is 0 Å². The highest BCUT2D eigenvalue weighted by atomic mass is 79.9. The Hall–Kier alpha value is -0.600. The molecule has 0 N–H and O–H groups in total. The normalized spacial score (nSPS) is 12.7. The number of halogens is 2. The van der Waals surface area contributed by atoms with Crippen molar-refractivity contribution in [1.82, 2.24) is 0 Å². The monoisotopic (exact) mass is 380 g/mol. The predicted molar refractivity (Wildman–Crippen MR) is 90.2 cm³/mol. The standard InChI is InChI=1S/C17H18Br2/c1-11(2)13-5-7-14(8-6-13)17(19)16-10-15(18)9-4-12(16)3/h4-11,17H,1-3H3. The molecule has 1 atom stereocenters. The number of aryl methyl sites for hydroxylation is 1. The Balaban J connectivity index is 2.33. The smallest absolute Gasteiger partial charge is 0.0647 e. The number of alkyl halides is 1. The van der Waals surface area contributed by atoms with Crippen molar-refractivity contribution in [3.05, 3.63) is 69.2 Å². The predicted octanol–water partition coefficient (Wildman–Crippen LogP) is 6.37. The first-order chi connectivity index (χ1) is 8.99. The second-order valence-corrected chi connectivity index (χ2v) is 7.02. The minimum absolute atomic E-state index is 0.242. The Morgan fingerprint density at radius 3 is 2.05 bits per heavy atom. The van der Waals surface area contributed by atoms with E-state index in [-0.39, 0.29) is 4.83 Å². The number of hydrogen-bond donors (Lipinski definition) is 0. The molecular formula is C17H18Br2. The van der Waals surface area contributed by atoms with Crippen LogP contribution in [0.25, 0.3) is 0 Å². The molecule has 2 aromatic rings. The molecule has 0 nitrogen and oxygen atoms in total. The zero-order chi connectivity index (χ0) is 14.0. The third kappa shape index (κ3) is 3.49. The van der Waals surface area contributed by atoms with Crippen molar-refractivity contribution in [2.45, 2.75) is 31.5 Å². The number of rotatable bonds is 3. The van der Waals surface area contributed by atoms with Crippen LogP contribution in [0.5, 0.6) is 0 Å². The second-order valence-electron chi connectivity index (χ2n) is 5.18. The Kier molecular flexibility index (Phi) is 4.86. The van der Waals surface area contributed by atoms with E-state index in [2.05, 4.69) is 95.1 Å². The van der Waals surface area contributed by atoms with E-state index >= 15 is 0 Å². The van der Waals surface area contributed by atoms with Crippen LogP contribution in [0.15, 0.2) is 46.9 Å². The highest BCUT2D eigenvalue weighted by molar-refractivity contribution is 9.10. The second kappa shape index (κ2) is 6.23. The van der Waals surface area contributed by atoms with E-state index in [9.17, 15) is 0 Å². The van der Waals surface area contributed by atoms with E-state index in [0.717, 1.165) is 4.47 Å². The maximum absolute atomic E-state index is 3.82. The highest BCUT2D eigenvalue weighted by Gasteiger charge is 2.13. The average Bonchev–Trinajstić information content (AvgIpc) is 2.41. The van der Waals surface area contributed by atoms with Gasteiger partial charge in [-0.25, -0.2) is 0 Å². The zero-order valence-electron chi connectivity index (χ0n) is 11.5. The van der Waals surface area contributed by atoms with Crippen LogP contribution in [0.1, 0.15) is 46.8 Å². The van der Waals surface area contributed by atoms with Crippen molar-refractivity contribution in [3.63, 3.8) is 0 Å². The van der Waals surface area contributed by atoms with Gasteiger partial charge in [0.2, 0.25) is 0 Å². The van der Waals surface area contributed by atoms with E-state index < -0.39 is 0 Å². The van der Waals surface area contributed by atoms with Gasteiger partial charge in [0, 0.05) is 4.47 Å². The molecule has 0 aliphatic carbocycles. The van der Waals surface area contributed by atoms with Gasteiger partial charge in [-0.15, -0.1) is 0 Å². The topological polar surface area (TPSA) is 0 Å². The number of hydrogen-bond acceptors (Lipinski definition) is 0. The van der Waals surface area contributed by atoms with E-state index in [4.69, 9.17) is 0 Å². The summed E-state index contributed by atoms with van der Waals surface area (Å²) in [7, 11) is 0. The summed E-state index contributed by atoms with van der Waals surface area (Å²) in [6, 6.07) is 15.3. The van der Waals surface area contributed by atoms with E-state index in [1.54, 1.807) is 0 Å². The van der Waals surface area contributed by atoms with Crippen LogP contribution >= 0.6 is 31.9 Å². The fourth-order valence-corrected chi connectivity index (χ4v) is 3.29. The van der Waals surface area contributed by atoms with Crippen molar-refractivity contribution < 1.29 is 0 Å². The van der Waals surface area contributed by atoms with Crippen molar-refractivity contribution in [2.75, 3.05) is 0 Å². The largest absolute Gasteiger partial charge is 0.0786 e. The summed E-state index contributed by atoms with van der Waals surface area (Å²) in [5.74, 6) is 0.579. The molecule has 1 unspecified atom stereocenters. The Labute approximate surface area is 132 Å². The molecule has 0 aliphatic rings. The molecule has 0 saturated carbocycles. The summed E-state index contributed by atoms with van der Waals surface area (Å²) >= 11 is 7.37. The summed E-state index contributed by atoms with van der Waals surface area (Å²) in [4.78, 5) is 0.242. The Morgan fingerprint density at radius 2 is 1.47 bits per heavy atom. The molecular weight excluding hydrogens is 364 g/mol. The zero-order valence-corrected chi connectivity index (χ0v) is 14.6. The van der Waals surface area contributed by atoms with Gasteiger partial charge in [0.25, 0.3) is 0 Å². The van der Waals surface area contributed by atoms with Crippen LogP contribution in [0.2, 0.25) is 0 Å². The van der Waals surface area contributed by atoms with Gasteiger partial charge in [-0.05, 0) is 47.2 Å². The summed E-state index contributed by atoms with van der Waals surface area (Å²) in [6.07, 6.45) is 0. The molecule has 0 aromatic heterocycles. The molecule has 0 amide bonds. The first-order valence-electron chi connectivity index (χ1n) is 6.49. The fraction of sp³-hybridized carbons (Fsp3) is 0.294. The average molecular weight is 382 g/mol. The van der Waals surface area contributed by atoms with Crippen molar-refractivity contribution in [2.24, 2.45) is 0 Å². The lowest BCUT2D eigenvalue weighted by atomic mass is 9.97. The van der Waals surface area contributed by atoms with Gasteiger partial charge >= 0.3 is 0 Å².